The number of hydrogen-bond acceptors (Lipinski definition) is 10. The number of esters is 1. The van der Waals surface area contributed by atoms with Crippen LogP contribution in [0.5, 0.6) is 5.75 Å². The Morgan fingerprint density at radius 3 is 2.08 bits per heavy atom. The van der Waals surface area contributed by atoms with Gasteiger partial charge in [-0.1, -0.05) is 88.4 Å². The number of carbonyl (C=O) groups excluding carboxylic acids is 2. The van der Waals surface area contributed by atoms with Gasteiger partial charge in [0, 0.05) is 23.7 Å². The van der Waals surface area contributed by atoms with Gasteiger partial charge in [-0.3, -0.25) is 9.59 Å². The van der Waals surface area contributed by atoms with Crippen LogP contribution in [0.2, 0.25) is 0 Å². The van der Waals surface area contributed by atoms with E-state index in [9.17, 15) is 23.1 Å². The molecule has 52 heavy (non-hydrogen) atoms. The van der Waals surface area contributed by atoms with Crippen LogP contribution in [0.15, 0.2) is 89.8 Å². The van der Waals surface area contributed by atoms with Crippen molar-refractivity contribution in [3.63, 3.8) is 0 Å². The fourth-order valence-corrected chi connectivity index (χ4v) is 9.07. The predicted molar refractivity (Wildman–Crippen MR) is 195 cm³/mol. The molecule has 5 rings (SSSR count). The van der Waals surface area contributed by atoms with Gasteiger partial charge >= 0.3 is 5.97 Å². The van der Waals surface area contributed by atoms with E-state index in [0.29, 0.717) is 18.8 Å². The molecule has 2 aliphatic heterocycles. The fraction of sp³-hybridized carbons (Fsp3) is 0.512. The minimum atomic E-state index is -4.16. The molecule has 11 heteroatoms. The number of sulfone groups is 1. The van der Waals surface area contributed by atoms with Crippen molar-refractivity contribution >= 4 is 21.6 Å². The lowest BCUT2D eigenvalue weighted by molar-refractivity contribution is -0.186. The van der Waals surface area contributed by atoms with Gasteiger partial charge in [0.15, 0.2) is 15.6 Å². The van der Waals surface area contributed by atoms with Gasteiger partial charge < -0.3 is 28.8 Å². The smallest absolute Gasteiger partial charge is 0.308 e. The summed E-state index contributed by atoms with van der Waals surface area (Å²) in [7, 11) is -2.58. The molecule has 3 aromatic carbocycles. The number of methoxy groups -OCH3 is 1. The van der Waals surface area contributed by atoms with Gasteiger partial charge in [-0.05, 0) is 48.2 Å². The Hall–Kier alpha value is -3.61. The zero-order chi connectivity index (χ0) is 37.5. The molecule has 0 aliphatic carbocycles. The lowest BCUT2D eigenvalue weighted by atomic mass is 9.76. The summed E-state index contributed by atoms with van der Waals surface area (Å²) in [6, 6.07) is 25.1. The van der Waals surface area contributed by atoms with Crippen molar-refractivity contribution in [2.45, 2.75) is 107 Å². The zero-order valence-electron chi connectivity index (χ0n) is 30.7. The number of carbonyl (C=O) groups is 2. The lowest BCUT2D eigenvalue weighted by Crippen LogP contribution is -2.51. The van der Waals surface area contributed by atoms with E-state index < -0.39 is 75.3 Å². The first-order valence-corrected chi connectivity index (χ1v) is 19.6. The first-order chi connectivity index (χ1) is 24.8. The van der Waals surface area contributed by atoms with E-state index >= 15 is 0 Å². The molecule has 0 amide bonds. The summed E-state index contributed by atoms with van der Waals surface area (Å²) < 4.78 is 59.4. The Morgan fingerprint density at radius 1 is 0.827 bits per heavy atom. The van der Waals surface area contributed by atoms with Crippen molar-refractivity contribution in [1.29, 1.82) is 0 Å². The molecule has 2 bridgehead atoms. The first-order valence-electron chi connectivity index (χ1n) is 18.0. The molecule has 0 radical (unpaired) electrons. The molecule has 282 valence electrons. The average molecular weight is 737 g/mol. The average Bonchev–Trinajstić information content (AvgIpc) is 3.15. The van der Waals surface area contributed by atoms with Gasteiger partial charge in [0.1, 0.15) is 17.1 Å². The topological polar surface area (TPSA) is 135 Å². The minimum absolute atomic E-state index is 0.0517. The molecule has 3 aromatic rings. The van der Waals surface area contributed by atoms with Crippen LogP contribution in [0, 0.1) is 17.3 Å². The Morgan fingerprint density at radius 2 is 1.44 bits per heavy atom. The molecular weight excluding hydrogens is 685 g/mol. The molecule has 2 fully saturated rings. The van der Waals surface area contributed by atoms with Crippen molar-refractivity contribution in [1.82, 2.24) is 0 Å². The summed E-state index contributed by atoms with van der Waals surface area (Å²) in [5.74, 6) is -1.37. The Labute approximate surface area is 307 Å². The molecule has 2 aliphatic rings. The van der Waals surface area contributed by atoms with Crippen LogP contribution in [-0.4, -0.2) is 74.8 Å². The van der Waals surface area contributed by atoms with Crippen LogP contribution >= 0.6 is 0 Å². The van der Waals surface area contributed by atoms with Crippen molar-refractivity contribution in [2.24, 2.45) is 17.3 Å². The lowest BCUT2D eigenvalue weighted by Gasteiger charge is -2.43. The highest BCUT2D eigenvalue weighted by atomic mass is 32.2. The highest BCUT2D eigenvalue weighted by Crippen LogP contribution is 2.39. The van der Waals surface area contributed by atoms with Crippen LogP contribution in [0.4, 0.5) is 0 Å². The van der Waals surface area contributed by atoms with Gasteiger partial charge in [0.05, 0.1) is 62.7 Å². The van der Waals surface area contributed by atoms with E-state index in [-0.39, 0.29) is 36.7 Å². The quantitative estimate of drug-likeness (QED) is 0.243. The number of ketones is 1. The molecule has 8 atom stereocenters. The molecular formula is C41H52O10S. The zero-order valence-corrected chi connectivity index (χ0v) is 31.5. The van der Waals surface area contributed by atoms with Crippen LogP contribution in [0.25, 0.3) is 0 Å². The SMILES string of the molecule is COc1ccc(COC2C[C@@H](C)C(=O)C(S(=O)(=O)c3ccccc3)C[C@@H]3C[C@H](OCc4ccccc4)[C@@H](C)[C@H](CC(=O)O[C@H](CO)C2(C)C)O3)cc1. The number of ether oxygens (including phenoxy) is 5. The standard InChI is InChI=1S/C41H52O10S/c1-27-20-37(49-26-30-16-18-31(47-5)19-17-30)41(3,4)38(24-42)51-39(43)23-35-28(2)34(48-25-29-12-8-6-9-13-29)21-32(50-35)22-36(40(27)44)52(45,46)33-14-10-7-11-15-33/h6-19,27-28,32,34-38,42H,20-26H2,1-5H3/t27-,28-,32+,34+,35+,36?,37?,38-/m1/s1. The molecule has 2 unspecified atom stereocenters. The minimum Gasteiger partial charge on any atom is -0.497 e. The van der Waals surface area contributed by atoms with E-state index in [1.807, 2.05) is 75.4 Å². The molecule has 2 saturated heterocycles. The fourth-order valence-electron chi connectivity index (χ4n) is 7.19. The summed E-state index contributed by atoms with van der Waals surface area (Å²) in [5, 5.41) is 9.18. The molecule has 0 aromatic heterocycles. The maximum Gasteiger partial charge on any atom is 0.308 e. The van der Waals surface area contributed by atoms with E-state index in [0.717, 1.165) is 11.1 Å². The summed E-state index contributed by atoms with van der Waals surface area (Å²) in [6.07, 6.45) is -3.29. The predicted octanol–water partition coefficient (Wildman–Crippen LogP) is 6.12. The maximum absolute atomic E-state index is 14.6. The van der Waals surface area contributed by atoms with Crippen molar-refractivity contribution in [2.75, 3.05) is 13.7 Å². The molecule has 10 nitrogen and oxygen atoms in total. The number of Topliss-reactive ketones (excluding diaryl/α,β-unsaturated/α-hetero) is 1. The second-order valence-corrected chi connectivity index (χ2v) is 16.8. The van der Waals surface area contributed by atoms with Crippen LogP contribution < -0.4 is 4.74 Å². The Bertz CT molecular complexity index is 1710. The number of rotatable bonds is 10. The second kappa shape index (κ2) is 17.5. The third-order valence-electron chi connectivity index (χ3n) is 10.7. The number of benzene rings is 3. The number of hydrogen-bond donors (Lipinski definition) is 1. The van der Waals surface area contributed by atoms with Crippen LogP contribution in [-0.2, 0) is 51.6 Å². The Balaban J connectivity index is 1.51. The Kier molecular flexibility index (Phi) is 13.3. The summed E-state index contributed by atoms with van der Waals surface area (Å²) in [5.41, 5.74) is 0.827. The maximum atomic E-state index is 14.6. The van der Waals surface area contributed by atoms with E-state index in [1.54, 1.807) is 32.2 Å². The highest BCUT2D eigenvalue weighted by Gasteiger charge is 2.47. The summed E-state index contributed by atoms with van der Waals surface area (Å²) in [6.45, 7) is 7.29. The number of aliphatic hydroxyl groups excluding tert-OH is 1. The third-order valence-corrected chi connectivity index (χ3v) is 12.8. The van der Waals surface area contributed by atoms with Crippen molar-refractivity contribution in [3.05, 3.63) is 96.1 Å². The second-order valence-electron chi connectivity index (χ2n) is 14.7. The highest BCUT2D eigenvalue weighted by molar-refractivity contribution is 7.92. The number of cyclic esters (lactones) is 1. The van der Waals surface area contributed by atoms with E-state index in [1.165, 1.54) is 12.1 Å². The van der Waals surface area contributed by atoms with Gasteiger partial charge in [-0.2, -0.15) is 0 Å². The summed E-state index contributed by atoms with van der Waals surface area (Å²) in [4.78, 5) is 28.3. The van der Waals surface area contributed by atoms with Gasteiger partial charge in [0.2, 0.25) is 0 Å². The molecule has 0 spiro atoms. The first kappa shape index (κ1) is 39.6. The van der Waals surface area contributed by atoms with Gasteiger partial charge in [-0.15, -0.1) is 0 Å². The molecule has 0 saturated carbocycles. The summed E-state index contributed by atoms with van der Waals surface area (Å²) >= 11 is 0. The van der Waals surface area contributed by atoms with E-state index in [4.69, 9.17) is 23.7 Å². The number of fused-ring (bicyclic) bond motifs is 2. The normalized spacial score (nSPS) is 28.7. The van der Waals surface area contributed by atoms with E-state index in [2.05, 4.69) is 0 Å². The monoisotopic (exact) mass is 736 g/mol. The van der Waals surface area contributed by atoms with Crippen molar-refractivity contribution in [3.8, 4) is 5.75 Å². The number of aliphatic hydroxyl groups is 1. The third kappa shape index (κ3) is 9.48. The van der Waals surface area contributed by atoms with Crippen LogP contribution in [0.1, 0.15) is 64.5 Å². The largest absolute Gasteiger partial charge is 0.497 e. The van der Waals surface area contributed by atoms with Gasteiger partial charge in [-0.25, -0.2) is 8.42 Å². The van der Waals surface area contributed by atoms with Crippen molar-refractivity contribution < 1.29 is 46.8 Å². The van der Waals surface area contributed by atoms with Crippen LogP contribution in [0.3, 0.4) is 0 Å². The molecule has 1 N–H and O–H groups in total. The molecule has 2 heterocycles. The van der Waals surface area contributed by atoms with Gasteiger partial charge in [0.25, 0.3) is 0 Å².